The van der Waals surface area contributed by atoms with E-state index in [2.05, 4.69) is 4.72 Å². The van der Waals surface area contributed by atoms with Gasteiger partial charge in [0.2, 0.25) is 10.0 Å². The summed E-state index contributed by atoms with van der Waals surface area (Å²) >= 11 is 11.3. The van der Waals surface area contributed by atoms with E-state index in [1.54, 1.807) is 6.92 Å². The molecule has 1 unspecified atom stereocenters. The lowest BCUT2D eigenvalue weighted by atomic mass is 10.2. The molecule has 0 bridgehead atoms. The van der Waals surface area contributed by atoms with Gasteiger partial charge in [0.15, 0.2) is 0 Å². The molecule has 0 radical (unpaired) electrons. The number of hydrogen-bond acceptors (Lipinski definition) is 3. The molecule has 0 saturated heterocycles. The number of sulfonamides is 1. The second kappa shape index (κ2) is 6.85. The van der Waals surface area contributed by atoms with Crippen molar-refractivity contribution in [3.8, 4) is 0 Å². The molecule has 0 aliphatic carbocycles. The van der Waals surface area contributed by atoms with Crippen molar-refractivity contribution in [1.29, 1.82) is 0 Å². The number of rotatable bonds is 6. The van der Waals surface area contributed by atoms with Gasteiger partial charge >= 0.3 is 0 Å². The maximum Gasteiger partial charge on any atom is 0.243 e. The van der Waals surface area contributed by atoms with E-state index in [9.17, 15) is 12.8 Å². The zero-order valence-corrected chi connectivity index (χ0v) is 12.7. The maximum absolute atomic E-state index is 14.0. The second-order valence-corrected chi connectivity index (χ2v) is 6.35. The number of benzene rings is 1. The van der Waals surface area contributed by atoms with Crippen LogP contribution < -0.4 is 4.72 Å². The Morgan fingerprint density at radius 3 is 2.63 bits per heavy atom. The van der Waals surface area contributed by atoms with Crippen LogP contribution in [0.15, 0.2) is 17.0 Å². The number of methoxy groups -OCH3 is 1. The summed E-state index contributed by atoms with van der Waals surface area (Å²) in [7, 11) is -2.55. The van der Waals surface area contributed by atoms with Crippen molar-refractivity contribution in [1.82, 2.24) is 4.72 Å². The summed E-state index contributed by atoms with van der Waals surface area (Å²) in [4.78, 5) is -0.515. The Bertz CT molecular complexity index is 551. The van der Waals surface area contributed by atoms with Gasteiger partial charge in [0, 0.05) is 24.2 Å². The van der Waals surface area contributed by atoms with Crippen LogP contribution in [0.25, 0.3) is 0 Å². The topological polar surface area (TPSA) is 55.4 Å². The molecule has 1 N–H and O–H groups in total. The van der Waals surface area contributed by atoms with Crippen molar-refractivity contribution in [2.24, 2.45) is 0 Å². The van der Waals surface area contributed by atoms with E-state index in [1.807, 2.05) is 0 Å². The monoisotopic (exact) mass is 329 g/mol. The predicted molar refractivity (Wildman–Crippen MR) is 72.6 cm³/mol. The Balaban J connectivity index is 3.11. The molecule has 1 aromatic rings. The van der Waals surface area contributed by atoms with Gasteiger partial charge in [-0.15, -0.1) is 11.6 Å². The SMILES string of the molecule is COC(C)CNS(=O)(=O)c1cc(Cl)cc(CCl)c1F. The van der Waals surface area contributed by atoms with Gasteiger partial charge in [0.05, 0.1) is 12.0 Å². The first-order valence-corrected chi connectivity index (χ1v) is 7.77. The van der Waals surface area contributed by atoms with Crippen molar-refractivity contribution in [2.75, 3.05) is 13.7 Å². The fourth-order valence-corrected chi connectivity index (χ4v) is 3.06. The van der Waals surface area contributed by atoms with Gasteiger partial charge < -0.3 is 4.74 Å². The number of ether oxygens (including phenoxy) is 1. The Labute approximate surface area is 121 Å². The van der Waals surface area contributed by atoms with Crippen molar-refractivity contribution in [3.05, 3.63) is 28.5 Å². The van der Waals surface area contributed by atoms with Crippen LogP contribution in [0.3, 0.4) is 0 Å². The molecule has 0 saturated carbocycles. The third-order valence-electron chi connectivity index (χ3n) is 2.48. The fourth-order valence-electron chi connectivity index (χ4n) is 1.30. The summed E-state index contributed by atoms with van der Waals surface area (Å²) in [5.74, 6) is -1.06. The van der Waals surface area contributed by atoms with Crippen LogP contribution in [0.4, 0.5) is 4.39 Å². The predicted octanol–water partition coefficient (Wildman–Crippen LogP) is 2.53. The van der Waals surface area contributed by atoms with E-state index in [0.29, 0.717) is 0 Å². The average molecular weight is 330 g/mol. The molecule has 0 aliphatic rings. The Kier molecular flexibility index (Phi) is 6.01. The Hall–Kier alpha value is -0.400. The van der Waals surface area contributed by atoms with Gasteiger partial charge in [-0.3, -0.25) is 0 Å². The number of alkyl halides is 1. The summed E-state index contributed by atoms with van der Waals surface area (Å²) in [6, 6.07) is 2.34. The minimum atomic E-state index is -4.00. The Morgan fingerprint density at radius 1 is 1.47 bits per heavy atom. The van der Waals surface area contributed by atoms with Crippen LogP contribution in [0, 0.1) is 5.82 Å². The lowest BCUT2D eigenvalue weighted by Gasteiger charge is -2.13. The quantitative estimate of drug-likeness (QED) is 0.816. The minimum absolute atomic E-state index is 0.0288. The van der Waals surface area contributed by atoms with E-state index < -0.39 is 20.7 Å². The summed E-state index contributed by atoms with van der Waals surface area (Å²) in [5.41, 5.74) is 0.0364. The van der Waals surface area contributed by atoms with Crippen LogP contribution in [-0.4, -0.2) is 28.2 Å². The van der Waals surface area contributed by atoms with E-state index >= 15 is 0 Å². The van der Waals surface area contributed by atoms with Gasteiger partial charge in [0.25, 0.3) is 0 Å². The molecule has 1 rings (SSSR count). The molecule has 1 atom stereocenters. The first kappa shape index (κ1) is 16.7. The zero-order chi connectivity index (χ0) is 14.6. The van der Waals surface area contributed by atoms with Crippen molar-refractivity contribution < 1.29 is 17.5 Å². The lowest BCUT2D eigenvalue weighted by molar-refractivity contribution is 0.122. The summed E-state index contributed by atoms with van der Waals surface area (Å²) in [5, 5.41) is 0.109. The normalized spacial score (nSPS) is 13.5. The minimum Gasteiger partial charge on any atom is -0.380 e. The van der Waals surface area contributed by atoms with Crippen molar-refractivity contribution in [3.63, 3.8) is 0 Å². The molecule has 4 nitrogen and oxygen atoms in total. The highest BCUT2D eigenvalue weighted by atomic mass is 35.5. The smallest absolute Gasteiger partial charge is 0.243 e. The molecule has 1 aromatic carbocycles. The molecule has 8 heteroatoms. The first-order valence-electron chi connectivity index (χ1n) is 5.38. The van der Waals surface area contributed by atoms with Gasteiger partial charge in [-0.25, -0.2) is 17.5 Å². The van der Waals surface area contributed by atoms with Crippen LogP contribution in [-0.2, 0) is 20.6 Å². The van der Waals surface area contributed by atoms with E-state index in [1.165, 1.54) is 13.2 Å². The molecule has 19 heavy (non-hydrogen) atoms. The van der Waals surface area contributed by atoms with Crippen LogP contribution in [0.1, 0.15) is 12.5 Å². The molecule has 0 fully saturated rings. The maximum atomic E-state index is 14.0. The summed E-state index contributed by atoms with van der Waals surface area (Å²) in [6.07, 6.45) is -0.329. The average Bonchev–Trinajstić information content (AvgIpc) is 2.38. The zero-order valence-electron chi connectivity index (χ0n) is 10.4. The highest BCUT2D eigenvalue weighted by molar-refractivity contribution is 7.89. The molecule has 108 valence electrons. The summed E-state index contributed by atoms with van der Waals surface area (Å²) in [6.45, 7) is 1.71. The number of hydrogen-bond donors (Lipinski definition) is 1. The molecular weight excluding hydrogens is 316 g/mol. The van der Waals surface area contributed by atoms with Crippen LogP contribution in [0.2, 0.25) is 5.02 Å². The largest absolute Gasteiger partial charge is 0.380 e. The number of nitrogens with one attached hydrogen (secondary N) is 1. The van der Waals surface area contributed by atoms with Crippen LogP contribution >= 0.6 is 23.2 Å². The fraction of sp³-hybridized carbons (Fsp3) is 0.455. The van der Waals surface area contributed by atoms with Gasteiger partial charge in [-0.1, -0.05) is 11.6 Å². The highest BCUT2D eigenvalue weighted by Crippen LogP contribution is 2.24. The van der Waals surface area contributed by atoms with Gasteiger partial charge in [-0.2, -0.15) is 0 Å². The van der Waals surface area contributed by atoms with Crippen LogP contribution in [0.5, 0.6) is 0 Å². The highest BCUT2D eigenvalue weighted by Gasteiger charge is 2.22. The number of halogens is 3. The second-order valence-electron chi connectivity index (χ2n) is 3.91. The lowest BCUT2D eigenvalue weighted by Crippen LogP contribution is -2.32. The van der Waals surface area contributed by atoms with E-state index in [0.717, 1.165) is 6.07 Å². The first-order chi connectivity index (χ1) is 8.81. The van der Waals surface area contributed by atoms with Crippen molar-refractivity contribution >= 4 is 33.2 Å². The molecule has 0 heterocycles. The third kappa shape index (κ3) is 4.29. The third-order valence-corrected chi connectivity index (χ3v) is 4.40. The molecule has 0 aromatic heterocycles. The van der Waals surface area contributed by atoms with Gasteiger partial charge in [-0.05, 0) is 19.1 Å². The Morgan fingerprint density at radius 2 is 2.11 bits per heavy atom. The van der Waals surface area contributed by atoms with E-state index in [-0.39, 0.29) is 29.1 Å². The van der Waals surface area contributed by atoms with Gasteiger partial charge in [0.1, 0.15) is 10.7 Å². The summed E-state index contributed by atoms with van der Waals surface area (Å²) < 4.78 is 45.1. The molecule has 0 amide bonds. The van der Waals surface area contributed by atoms with E-state index in [4.69, 9.17) is 27.9 Å². The molecular formula is C11H14Cl2FNO3S. The standard InChI is InChI=1S/C11H14Cl2FNO3S/c1-7(18-2)6-15-19(16,17)10-4-9(13)3-8(5-12)11(10)14/h3-4,7,15H,5-6H2,1-2H3. The molecule has 0 aliphatic heterocycles. The van der Waals surface area contributed by atoms with Crippen molar-refractivity contribution in [2.45, 2.75) is 23.8 Å². The molecule has 0 spiro atoms.